The molecule has 2 aromatic rings. The molecule has 0 saturated carbocycles. The molecule has 1 atom stereocenters. The van der Waals surface area contributed by atoms with Gasteiger partial charge in [-0.05, 0) is 69.5 Å². The Labute approximate surface area is 186 Å². The molecule has 2 saturated heterocycles. The minimum atomic E-state index is -0.0791. The smallest absolute Gasteiger partial charge is 0.255 e. The van der Waals surface area contributed by atoms with Gasteiger partial charge < -0.3 is 20.0 Å². The Bertz CT molecular complexity index is 878. The molecule has 0 aliphatic carbocycles. The van der Waals surface area contributed by atoms with Crippen LogP contribution in [0.25, 0.3) is 0 Å². The molecule has 1 aromatic heterocycles. The molecule has 6 heteroatoms. The predicted octanol–water partition coefficient (Wildman–Crippen LogP) is 3.50. The molecule has 6 nitrogen and oxygen atoms in total. The van der Waals surface area contributed by atoms with Crippen molar-refractivity contribution in [3.63, 3.8) is 0 Å². The number of nitrogens with zero attached hydrogens (tertiary/aromatic N) is 4. The molecule has 3 heterocycles. The fourth-order valence-corrected chi connectivity index (χ4v) is 4.52. The van der Waals surface area contributed by atoms with Crippen LogP contribution in [0.4, 0.5) is 11.5 Å². The van der Waals surface area contributed by atoms with Gasteiger partial charge in [-0.25, -0.2) is 4.98 Å². The van der Waals surface area contributed by atoms with Crippen molar-refractivity contribution >= 4 is 17.4 Å². The first-order valence-corrected chi connectivity index (χ1v) is 11.6. The Morgan fingerprint density at radius 2 is 1.94 bits per heavy atom. The van der Waals surface area contributed by atoms with Crippen molar-refractivity contribution in [2.24, 2.45) is 0 Å². The molecule has 2 aliphatic heterocycles. The Morgan fingerprint density at radius 1 is 1.10 bits per heavy atom. The minimum Gasteiger partial charge on any atom is -0.354 e. The van der Waals surface area contributed by atoms with E-state index in [0.29, 0.717) is 11.6 Å². The van der Waals surface area contributed by atoms with E-state index in [1.807, 2.05) is 18.2 Å². The molecular weight excluding hydrogens is 386 g/mol. The van der Waals surface area contributed by atoms with E-state index in [-0.39, 0.29) is 5.91 Å². The van der Waals surface area contributed by atoms with Gasteiger partial charge in [0.1, 0.15) is 5.82 Å². The second-order valence-electron chi connectivity index (χ2n) is 8.99. The van der Waals surface area contributed by atoms with Crippen LogP contribution in [0.2, 0.25) is 0 Å². The van der Waals surface area contributed by atoms with Gasteiger partial charge in [-0.15, -0.1) is 0 Å². The third-order valence-corrected chi connectivity index (χ3v) is 6.60. The number of amides is 1. The van der Waals surface area contributed by atoms with Gasteiger partial charge >= 0.3 is 0 Å². The number of nitrogens with one attached hydrogen (secondary N) is 1. The van der Waals surface area contributed by atoms with Crippen LogP contribution in [-0.2, 0) is 6.42 Å². The molecule has 2 aliphatic rings. The number of carbonyl (C=O) groups is 1. The molecule has 166 valence electrons. The topological polar surface area (TPSA) is 51.7 Å². The zero-order valence-corrected chi connectivity index (χ0v) is 18.9. The summed E-state index contributed by atoms with van der Waals surface area (Å²) in [6.07, 6.45) is 6.38. The largest absolute Gasteiger partial charge is 0.354 e. The van der Waals surface area contributed by atoms with E-state index in [0.717, 1.165) is 57.2 Å². The summed E-state index contributed by atoms with van der Waals surface area (Å²) < 4.78 is 0. The van der Waals surface area contributed by atoms with Gasteiger partial charge in [0.2, 0.25) is 0 Å². The van der Waals surface area contributed by atoms with E-state index in [2.05, 4.69) is 51.1 Å². The zero-order chi connectivity index (χ0) is 21.6. The molecular formula is C25H35N5O. The monoisotopic (exact) mass is 421 g/mol. The summed E-state index contributed by atoms with van der Waals surface area (Å²) in [6.45, 7) is 8.85. The van der Waals surface area contributed by atoms with Crippen LogP contribution in [-0.4, -0.2) is 73.0 Å². The van der Waals surface area contributed by atoms with Crippen LogP contribution in [0.15, 0.2) is 42.6 Å². The Morgan fingerprint density at radius 3 is 2.74 bits per heavy atom. The number of likely N-dealkylation sites (N-methyl/N-ethyl adjacent to an activating group) is 1. The highest BCUT2D eigenvalue weighted by molar-refractivity contribution is 6.04. The fraction of sp³-hybridized carbons (Fsp3) is 0.520. The highest BCUT2D eigenvalue weighted by Gasteiger charge is 2.20. The highest BCUT2D eigenvalue weighted by Crippen LogP contribution is 2.24. The maximum Gasteiger partial charge on any atom is 0.255 e. The lowest BCUT2D eigenvalue weighted by molar-refractivity contribution is 0.102. The van der Waals surface area contributed by atoms with E-state index in [9.17, 15) is 4.79 Å². The lowest BCUT2D eigenvalue weighted by Crippen LogP contribution is -2.45. The van der Waals surface area contributed by atoms with E-state index in [1.165, 1.54) is 24.8 Å². The number of rotatable bonds is 6. The summed E-state index contributed by atoms with van der Waals surface area (Å²) in [5, 5.41) is 3.08. The number of piperidine rings is 1. The maximum atomic E-state index is 12.9. The summed E-state index contributed by atoms with van der Waals surface area (Å²) in [7, 11) is 2.18. The first-order valence-electron chi connectivity index (χ1n) is 11.6. The summed E-state index contributed by atoms with van der Waals surface area (Å²) >= 11 is 0. The van der Waals surface area contributed by atoms with Gasteiger partial charge in [0, 0.05) is 62.8 Å². The summed E-state index contributed by atoms with van der Waals surface area (Å²) in [5.74, 6) is 0.824. The average Bonchev–Trinajstić information content (AvgIpc) is 2.79. The summed E-state index contributed by atoms with van der Waals surface area (Å²) in [4.78, 5) is 24.7. The van der Waals surface area contributed by atoms with Gasteiger partial charge in [0.15, 0.2) is 0 Å². The Hall–Kier alpha value is -2.44. The third-order valence-electron chi connectivity index (χ3n) is 6.60. The second-order valence-corrected chi connectivity index (χ2v) is 8.99. The number of aromatic nitrogens is 1. The van der Waals surface area contributed by atoms with E-state index in [1.54, 1.807) is 12.3 Å². The summed E-state index contributed by atoms with van der Waals surface area (Å²) in [6, 6.07) is 12.4. The van der Waals surface area contributed by atoms with Crippen molar-refractivity contribution in [3.05, 3.63) is 53.7 Å². The van der Waals surface area contributed by atoms with Crippen LogP contribution in [0, 0.1) is 0 Å². The number of hydrogen-bond donors (Lipinski definition) is 1. The number of carbonyl (C=O) groups excluding carboxylic acids is 1. The van der Waals surface area contributed by atoms with Gasteiger partial charge in [0.05, 0.1) is 0 Å². The lowest BCUT2D eigenvalue weighted by atomic mass is 10.0. The highest BCUT2D eigenvalue weighted by atomic mass is 16.1. The van der Waals surface area contributed by atoms with Gasteiger partial charge in [0.25, 0.3) is 5.91 Å². The standard InChI is InChI=1S/C25H35N5O/c1-20-6-3-4-12-30(20)24-19-22(9-11-26-24)25(31)27-23-8-5-7-21(18-23)10-13-29-16-14-28(2)15-17-29/h5,7-9,11,18-20H,3-4,6,10,12-17H2,1-2H3,(H,27,31)/t20-/m0/s1. The fourth-order valence-electron chi connectivity index (χ4n) is 4.52. The van der Waals surface area contributed by atoms with Crippen molar-refractivity contribution in [2.45, 2.75) is 38.6 Å². The normalized spacial score (nSPS) is 20.6. The van der Waals surface area contributed by atoms with Crippen LogP contribution in [0.1, 0.15) is 42.1 Å². The predicted molar refractivity (Wildman–Crippen MR) is 127 cm³/mol. The number of benzene rings is 1. The molecule has 0 unspecified atom stereocenters. The Balaban J connectivity index is 1.36. The molecule has 0 bridgehead atoms. The van der Waals surface area contributed by atoms with E-state index >= 15 is 0 Å². The van der Waals surface area contributed by atoms with Crippen molar-refractivity contribution < 1.29 is 4.79 Å². The number of pyridine rings is 1. The molecule has 31 heavy (non-hydrogen) atoms. The SMILES string of the molecule is C[C@H]1CCCCN1c1cc(C(=O)Nc2cccc(CCN3CCN(C)CC3)c2)ccn1. The van der Waals surface area contributed by atoms with E-state index in [4.69, 9.17) is 0 Å². The molecule has 2 fully saturated rings. The molecule has 1 aromatic carbocycles. The third kappa shape index (κ3) is 5.83. The van der Waals surface area contributed by atoms with Crippen LogP contribution in [0.3, 0.4) is 0 Å². The number of piperazine rings is 1. The molecule has 1 N–H and O–H groups in total. The van der Waals surface area contributed by atoms with Crippen molar-refractivity contribution in [1.29, 1.82) is 0 Å². The second kappa shape index (κ2) is 10.2. The number of hydrogen-bond acceptors (Lipinski definition) is 5. The first kappa shape index (κ1) is 21.8. The lowest BCUT2D eigenvalue weighted by Gasteiger charge is -2.34. The van der Waals surface area contributed by atoms with Gasteiger partial charge in [-0.2, -0.15) is 0 Å². The zero-order valence-electron chi connectivity index (χ0n) is 18.9. The van der Waals surface area contributed by atoms with Crippen LogP contribution >= 0.6 is 0 Å². The van der Waals surface area contributed by atoms with Crippen molar-refractivity contribution in [1.82, 2.24) is 14.8 Å². The van der Waals surface area contributed by atoms with Crippen molar-refractivity contribution in [2.75, 3.05) is 56.5 Å². The minimum absolute atomic E-state index is 0.0791. The molecule has 0 spiro atoms. The molecule has 4 rings (SSSR count). The van der Waals surface area contributed by atoms with Gasteiger partial charge in [-0.3, -0.25) is 4.79 Å². The van der Waals surface area contributed by atoms with Crippen molar-refractivity contribution in [3.8, 4) is 0 Å². The number of anilines is 2. The van der Waals surface area contributed by atoms with Crippen LogP contribution in [0.5, 0.6) is 0 Å². The summed E-state index contributed by atoms with van der Waals surface area (Å²) in [5.41, 5.74) is 2.77. The Kier molecular flexibility index (Phi) is 7.20. The molecule has 0 radical (unpaired) electrons. The quantitative estimate of drug-likeness (QED) is 0.774. The van der Waals surface area contributed by atoms with Gasteiger partial charge in [-0.1, -0.05) is 12.1 Å². The van der Waals surface area contributed by atoms with E-state index < -0.39 is 0 Å². The first-order chi connectivity index (χ1) is 15.1. The average molecular weight is 422 g/mol. The maximum absolute atomic E-state index is 12.9. The molecule has 1 amide bonds. The van der Waals surface area contributed by atoms with Crippen LogP contribution < -0.4 is 10.2 Å².